The molecule has 0 spiro atoms. The molecule has 2 heterocycles. The molecule has 1 aliphatic heterocycles. The first-order chi connectivity index (χ1) is 11.4. The lowest BCUT2D eigenvalue weighted by atomic mass is 10.2. The van der Waals surface area contributed by atoms with Crippen LogP contribution in [0.5, 0.6) is 0 Å². The summed E-state index contributed by atoms with van der Waals surface area (Å²) < 4.78 is 4.93. The molecule has 9 heteroatoms. The number of halogens is 1. The maximum Gasteiger partial charge on any atom is 0.433 e. The number of hydrazine groups is 1. The fraction of sp³-hybridized carbons (Fsp3) is 0.0667. The van der Waals surface area contributed by atoms with Crippen LogP contribution >= 0.6 is 11.6 Å². The molecule has 3 rings (SSSR count). The van der Waals surface area contributed by atoms with Crippen molar-refractivity contribution in [1.82, 2.24) is 5.43 Å². The molecule has 24 heavy (non-hydrogen) atoms. The van der Waals surface area contributed by atoms with Gasteiger partial charge in [-0.25, -0.2) is 5.01 Å². The number of hydrogen-bond acceptors (Lipinski definition) is 5. The van der Waals surface area contributed by atoms with Gasteiger partial charge in [-0.15, -0.1) is 0 Å². The molecule has 1 N–H and O–H groups in total. The Morgan fingerprint density at radius 3 is 2.67 bits per heavy atom. The predicted octanol–water partition coefficient (Wildman–Crippen LogP) is 2.61. The summed E-state index contributed by atoms with van der Waals surface area (Å²) in [7, 11) is 0. The second-order valence-corrected chi connectivity index (χ2v) is 5.41. The smallest absolute Gasteiger partial charge is 0.401 e. The van der Waals surface area contributed by atoms with Crippen LogP contribution in [-0.2, 0) is 9.59 Å². The normalized spacial score (nSPS) is 15.9. The van der Waals surface area contributed by atoms with Crippen LogP contribution in [0.2, 0.25) is 5.02 Å². The molecular formula is C15H10ClN3O5. The second-order valence-electron chi connectivity index (χ2n) is 5.01. The Morgan fingerprint density at radius 1 is 1.29 bits per heavy atom. The van der Waals surface area contributed by atoms with Gasteiger partial charge < -0.3 is 4.42 Å². The number of anilines is 1. The number of nitrogens with zero attached hydrogens (tertiary/aromatic N) is 2. The monoisotopic (exact) mass is 347 g/mol. The average molecular weight is 348 g/mol. The number of nitro groups is 1. The van der Waals surface area contributed by atoms with Crippen LogP contribution in [0.15, 0.2) is 40.3 Å². The molecule has 1 fully saturated rings. The van der Waals surface area contributed by atoms with Gasteiger partial charge in [0.2, 0.25) is 0 Å². The van der Waals surface area contributed by atoms with Gasteiger partial charge in [0.25, 0.3) is 11.8 Å². The molecule has 0 aliphatic carbocycles. The number of aryl methyl sites for hydroxylation is 1. The van der Waals surface area contributed by atoms with Crippen LogP contribution in [-0.4, -0.2) is 16.7 Å². The van der Waals surface area contributed by atoms with Crippen LogP contribution in [0.25, 0.3) is 6.08 Å². The summed E-state index contributed by atoms with van der Waals surface area (Å²) in [5, 5.41) is 12.1. The molecule has 122 valence electrons. The molecule has 1 aromatic carbocycles. The number of hydrogen-bond donors (Lipinski definition) is 1. The maximum atomic E-state index is 12.4. The Kier molecular flexibility index (Phi) is 3.82. The lowest BCUT2D eigenvalue weighted by Gasteiger charge is -2.15. The number of furan rings is 1. The van der Waals surface area contributed by atoms with Crippen molar-refractivity contribution >= 4 is 41.1 Å². The molecule has 0 atom stereocenters. The van der Waals surface area contributed by atoms with E-state index < -0.39 is 22.6 Å². The third-order valence-electron chi connectivity index (χ3n) is 3.38. The minimum atomic E-state index is -0.709. The van der Waals surface area contributed by atoms with Crippen LogP contribution in [0.4, 0.5) is 11.6 Å². The Labute approximate surface area is 140 Å². The summed E-state index contributed by atoms with van der Waals surface area (Å²) >= 11 is 6.03. The molecule has 1 saturated heterocycles. The molecule has 0 unspecified atom stereocenters. The third kappa shape index (κ3) is 2.74. The van der Waals surface area contributed by atoms with Gasteiger partial charge >= 0.3 is 5.88 Å². The van der Waals surface area contributed by atoms with E-state index in [1.54, 1.807) is 18.2 Å². The van der Waals surface area contributed by atoms with Crippen LogP contribution in [0.1, 0.15) is 11.3 Å². The zero-order valence-electron chi connectivity index (χ0n) is 12.3. The van der Waals surface area contributed by atoms with Crippen molar-refractivity contribution in [2.75, 3.05) is 5.01 Å². The number of amides is 2. The summed E-state index contributed by atoms with van der Waals surface area (Å²) in [5.41, 5.74) is 3.44. The first-order valence-corrected chi connectivity index (χ1v) is 7.12. The summed E-state index contributed by atoms with van der Waals surface area (Å²) in [4.78, 5) is 34.3. The average Bonchev–Trinajstić information content (AvgIpc) is 3.11. The Morgan fingerprint density at radius 2 is 2.04 bits per heavy atom. The molecule has 0 radical (unpaired) electrons. The second kappa shape index (κ2) is 5.82. The zero-order valence-corrected chi connectivity index (χ0v) is 13.0. The number of carbonyl (C=O) groups is 2. The molecule has 1 aliphatic rings. The summed E-state index contributed by atoms with van der Waals surface area (Å²) in [6, 6.07) is 7.35. The third-order valence-corrected chi connectivity index (χ3v) is 3.79. The lowest BCUT2D eigenvalue weighted by Crippen LogP contribution is -2.35. The molecule has 1 aromatic heterocycles. The van der Waals surface area contributed by atoms with Gasteiger partial charge in [-0.1, -0.05) is 17.7 Å². The molecule has 2 aromatic rings. The van der Waals surface area contributed by atoms with Crippen molar-refractivity contribution in [2.24, 2.45) is 0 Å². The molecular weight excluding hydrogens is 338 g/mol. The van der Waals surface area contributed by atoms with E-state index in [-0.39, 0.29) is 11.3 Å². The van der Waals surface area contributed by atoms with E-state index in [9.17, 15) is 19.7 Å². The fourth-order valence-corrected chi connectivity index (χ4v) is 2.30. The van der Waals surface area contributed by atoms with Crippen LogP contribution < -0.4 is 10.4 Å². The fourth-order valence-electron chi connectivity index (χ4n) is 2.12. The SMILES string of the molecule is Cc1ccc(N2NC(=O)/C(=C\c3ccc([N+](=O)[O-])o3)C2=O)cc1Cl. The van der Waals surface area contributed by atoms with E-state index in [1.807, 2.05) is 6.92 Å². The highest BCUT2D eigenvalue weighted by atomic mass is 35.5. The minimum absolute atomic E-state index is 0.0315. The topological polar surface area (TPSA) is 106 Å². The highest BCUT2D eigenvalue weighted by molar-refractivity contribution is 6.33. The van der Waals surface area contributed by atoms with Gasteiger partial charge in [0.1, 0.15) is 16.3 Å². The van der Waals surface area contributed by atoms with Gasteiger partial charge in [0, 0.05) is 5.02 Å². The van der Waals surface area contributed by atoms with Crippen molar-refractivity contribution in [2.45, 2.75) is 6.92 Å². The van der Waals surface area contributed by atoms with E-state index in [2.05, 4.69) is 5.43 Å². The van der Waals surface area contributed by atoms with E-state index in [0.717, 1.165) is 22.7 Å². The van der Waals surface area contributed by atoms with E-state index in [1.165, 1.54) is 6.07 Å². The van der Waals surface area contributed by atoms with E-state index >= 15 is 0 Å². The molecule has 8 nitrogen and oxygen atoms in total. The maximum absolute atomic E-state index is 12.4. The lowest BCUT2D eigenvalue weighted by molar-refractivity contribution is -0.402. The van der Waals surface area contributed by atoms with Gasteiger partial charge in [-0.2, -0.15) is 0 Å². The van der Waals surface area contributed by atoms with Crippen molar-refractivity contribution in [3.05, 3.63) is 62.4 Å². The van der Waals surface area contributed by atoms with E-state index in [4.69, 9.17) is 16.0 Å². The first-order valence-electron chi connectivity index (χ1n) is 6.74. The first kappa shape index (κ1) is 15.8. The van der Waals surface area contributed by atoms with Crippen molar-refractivity contribution in [3.63, 3.8) is 0 Å². The standard InChI is InChI=1S/C15H10ClN3O5/c1-8-2-3-9(6-12(8)16)18-15(21)11(14(20)17-18)7-10-4-5-13(24-10)19(22)23/h2-7H,1H3,(H,17,20)/b11-7+. The Balaban J connectivity index is 1.92. The Bertz CT molecular complexity index is 902. The summed E-state index contributed by atoms with van der Waals surface area (Å²) in [6.07, 6.45) is 1.15. The molecule has 0 saturated carbocycles. The van der Waals surface area contributed by atoms with Crippen molar-refractivity contribution in [1.29, 1.82) is 0 Å². The van der Waals surface area contributed by atoms with Gasteiger partial charge in [0.15, 0.2) is 0 Å². The number of benzene rings is 1. The molecule has 2 amide bonds. The number of rotatable bonds is 3. The van der Waals surface area contributed by atoms with Crippen LogP contribution in [0, 0.1) is 17.0 Å². The quantitative estimate of drug-likeness (QED) is 0.397. The predicted molar refractivity (Wildman–Crippen MR) is 85.2 cm³/mol. The van der Waals surface area contributed by atoms with E-state index in [0.29, 0.717) is 10.7 Å². The minimum Gasteiger partial charge on any atom is -0.401 e. The number of carbonyl (C=O) groups excluding carboxylic acids is 2. The summed E-state index contributed by atoms with van der Waals surface area (Å²) in [6.45, 7) is 1.81. The zero-order chi connectivity index (χ0) is 17.4. The largest absolute Gasteiger partial charge is 0.433 e. The van der Waals surface area contributed by atoms with Gasteiger partial charge in [-0.05, 0) is 36.8 Å². The van der Waals surface area contributed by atoms with Crippen molar-refractivity contribution in [3.8, 4) is 0 Å². The number of nitrogens with one attached hydrogen (secondary N) is 1. The molecule has 0 bridgehead atoms. The van der Waals surface area contributed by atoms with Gasteiger partial charge in [-0.3, -0.25) is 25.1 Å². The highest BCUT2D eigenvalue weighted by Gasteiger charge is 2.35. The van der Waals surface area contributed by atoms with Crippen LogP contribution in [0.3, 0.4) is 0 Å². The Hall–Kier alpha value is -3.13. The summed E-state index contributed by atoms with van der Waals surface area (Å²) in [5.74, 6) is -1.70. The van der Waals surface area contributed by atoms with Crippen molar-refractivity contribution < 1.29 is 18.9 Å². The van der Waals surface area contributed by atoms with Gasteiger partial charge in [0.05, 0.1) is 11.8 Å². The highest BCUT2D eigenvalue weighted by Crippen LogP contribution is 2.27.